The fourth-order valence-electron chi connectivity index (χ4n) is 3.07. The lowest BCUT2D eigenvalue weighted by molar-refractivity contribution is -0.138. The van der Waals surface area contributed by atoms with E-state index in [-0.39, 0.29) is 5.91 Å². The number of carbonyl (C=O) groups excluding carboxylic acids is 2. The zero-order chi connectivity index (χ0) is 18.7. The summed E-state index contributed by atoms with van der Waals surface area (Å²) in [6.07, 6.45) is 1.90. The van der Waals surface area contributed by atoms with E-state index in [4.69, 9.17) is 0 Å². The Balaban J connectivity index is 2.15. The van der Waals surface area contributed by atoms with Gasteiger partial charge < -0.3 is 15.1 Å². The zero-order valence-electron chi connectivity index (χ0n) is 14.9. The number of anilines is 1. The van der Waals surface area contributed by atoms with E-state index < -0.39 is 27.0 Å². The SMILES string of the molecule is CN(C)C(=O)C1(Nc2ccccc2)CCN(C(=O)CS(C)(=O)=O)CC1. The molecule has 0 radical (unpaired) electrons. The van der Waals surface area contributed by atoms with E-state index in [1.807, 2.05) is 30.3 Å². The number of benzene rings is 1. The van der Waals surface area contributed by atoms with Crippen LogP contribution >= 0.6 is 0 Å². The molecule has 0 unspecified atom stereocenters. The van der Waals surface area contributed by atoms with Crippen LogP contribution in [0.25, 0.3) is 0 Å². The summed E-state index contributed by atoms with van der Waals surface area (Å²) >= 11 is 0. The van der Waals surface area contributed by atoms with Gasteiger partial charge in [-0.25, -0.2) is 8.42 Å². The number of piperidine rings is 1. The maximum Gasteiger partial charge on any atom is 0.247 e. The second kappa shape index (κ2) is 7.43. The number of hydrogen-bond acceptors (Lipinski definition) is 5. The van der Waals surface area contributed by atoms with Crippen molar-refractivity contribution in [1.29, 1.82) is 0 Å². The second-order valence-corrected chi connectivity index (χ2v) is 8.86. The summed E-state index contributed by atoms with van der Waals surface area (Å²) in [5.74, 6) is -0.951. The maximum absolute atomic E-state index is 12.8. The summed E-state index contributed by atoms with van der Waals surface area (Å²) in [6, 6.07) is 9.47. The minimum absolute atomic E-state index is 0.0495. The standard InChI is InChI=1S/C17H25N3O4S/c1-19(2)16(22)17(18-14-7-5-4-6-8-14)9-11-20(12-10-17)15(21)13-25(3,23)24/h4-8,18H,9-13H2,1-3H3. The monoisotopic (exact) mass is 367 g/mol. The van der Waals surface area contributed by atoms with Crippen molar-refractivity contribution in [3.63, 3.8) is 0 Å². The van der Waals surface area contributed by atoms with Gasteiger partial charge in [-0.2, -0.15) is 0 Å². The van der Waals surface area contributed by atoms with Gasteiger partial charge in [0.15, 0.2) is 9.84 Å². The summed E-state index contributed by atoms with van der Waals surface area (Å²) in [5.41, 5.74) is 0.0424. The smallest absolute Gasteiger partial charge is 0.247 e. The van der Waals surface area contributed by atoms with Crippen LogP contribution in [0.2, 0.25) is 0 Å². The Kier molecular flexibility index (Phi) is 5.72. The van der Waals surface area contributed by atoms with Crippen LogP contribution < -0.4 is 5.32 Å². The molecule has 1 heterocycles. The Bertz CT molecular complexity index is 724. The number of likely N-dealkylation sites (tertiary alicyclic amines) is 1. The molecule has 8 heteroatoms. The van der Waals surface area contributed by atoms with Crippen LogP contribution in [0.15, 0.2) is 30.3 Å². The summed E-state index contributed by atoms with van der Waals surface area (Å²) < 4.78 is 22.7. The molecule has 0 aliphatic carbocycles. The van der Waals surface area contributed by atoms with E-state index in [9.17, 15) is 18.0 Å². The van der Waals surface area contributed by atoms with Crippen molar-refractivity contribution < 1.29 is 18.0 Å². The average Bonchev–Trinajstić information content (AvgIpc) is 2.54. The van der Waals surface area contributed by atoms with Crippen molar-refractivity contribution in [2.75, 3.05) is 44.5 Å². The van der Waals surface area contributed by atoms with E-state index in [2.05, 4.69) is 5.32 Å². The normalized spacial score (nSPS) is 17.0. The molecule has 0 saturated carbocycles. The van der Waals surface area contributed by atoms with E-state index in [1.54, 1.807) is 19.0 Å². The third kappa shape index (κ3) is 4.94. The number of amides is 2. The van der Waals surface area contributed by atoms with Gasteiger partial charge >= 0.3 is 0 Å². The van der Waals surface area contributed by atoms with Gasteiger partial charge in [0.2, 0.25) is 11.8 Å². The van der Waals surface area contributed by atoms with E-state index in [0.29, 0.717) is 25.9 Å². The van der Waals surface area contributed by atoms with Crippen molar-refractivity contribution in [3.8, 4) is 0 Å². The molecule has 25 heavy (non-hydrogen) atoms. The highest BCUT2D eigenvalue weighted by Crippen LogP contribution is 2.29. The molecule has 1 fully saturated rings. The molecule has 2 rings (SSSR count). The number of rotatable bonds is 5. The van der Waals surface area contributed by atoms with Crippen molar-refractivity contribution >= 4 is 27.3 Å². The summed E-state index contributed by atoms with van der Waals surface area (Å²) in [6.45, 7) is 0.682. The molecular weight excluding hydrogens is 342 g/mol. The topological polar surface area (TPSA) is 86.8 Å². The largest absolute Gasteiger partial charge is 0.371 e. The lowest BCUT2D eigenvalue weighted by Crippen LogP contribution is -2.59. The van der Waals surface area contributed by atoms with Crippen LogP contribution in [0.3, 0.4) is 0 Å². The van der Waals surface area contributed by atoms with Crippen LogP contribution in [-0.2, 0) is 19.4 Å². The van der Waals surface area contributed by atoms with Gasteiger partial charge in [0.1, 0.15) is 11.3 Å². The third-order valence-corrected chi connectivity index (χ3v) is 5.10. The van der Waals surface area contributed by atoms with Gasteiger partial charge in [0.25, 0.3) is 0 Å². The molecule has 1 aliphatic rings. The third-order valence-electron chi connectivity index (χ3n) is 4.33. The average molecular weight is 367 g/mol. The van der Waals surface area contributed by atoms with Crippen LogP contribution in [-0.4, -0.2) is 74.8 Å². The number of para-hydroxylation sites is 1. The molecule has 0 bridgehead atoms. The molecule has 1 N–H and O–H groups in total. The fraction of sp³-hybridized carbons (Fsp3) is 0.529. The minimum Gasteiger partial charge on any atom is -0.371 e. The number of nitrogens with zero attached hydrogens (tertiary/aromatic N) is 2. The summed E-state index contributed by atoms with van der Waals surface area (Å²) in [5, 5.41) is 3.34. The molecule has 1 aliphatic heterocycles. The van der Waals surface area contributed by atoms with Gasteiger partial charge in [-0.1, -0.05) is 18.2 Å². The minimum atomic E-state index is -3.36. The molecule has 1 aromatic rings. The predicted octanol–water partition coefficient (Wildman–Crippen LogP) is 0.593. The summed E-state index contributed by atoms with van der Waals surface area (Å²) in [4.78, 5) is 28.0. The first-order chi connectivity index (χ1) is 11.6. The first-order valence-corrected chi connectivity index (χ1v) is 10.2. The molecule has 7 nitrogen and oxygen atoms in total. The van der Waals surface area contributed by atoms with Gasteiger partial charge in [-0.05, 0) is 25.0 Å². The highest BCUT2D eigenvalue weighted by molar-refractivity contribution is 7.91. The number of hydrogen-bond donors (Lipinski definition) is 1. The fourth-order valence-corrected chi connectivity index (χ4v) is 3.70. The number of likely N-dealkylation sites (N-methyl/N-ethyl adjacent to an activating group) is 1. The zero-order valence-corrected chi connectivity index (χ0v) is 15.7. The predicted molar refractivity (Wildman–Crippen MR) is 97.0 cm³/mol. The van der Waals surface area contributed by atoms with Gasteiger partial charge in [0.05, 0.1) is 0 Å². The molecule has 0 spiro atoms. The first-order valence-electron chi connectivity index (χ1n) is 8.13. The second-order valence-electron chi connectivity index (χ2n) is 6.72. The lowest BCUT2D eigenvalue weighted by Gasteiger charge is -2.43. The first kappa shape index (κ1) is 19.2. The molecule has 0 atom stereocenters. The van der Waals surface area contributed by atoms with Crippen molar-refractivity contribution in [2.45, 2.75) is 18.4 Å². The molecule has 138 valence electrons. The van der Waals surface area contributed by atoms with Crippen LogP contribution in [0.5, 0.6) is 0 Å². The van der Waals surface area contributed by atoms with Gasteiger partial charge in [0, 0.05) is 39.1 Å². The number of sulfone groups is 1. The quantitative estimate of drug-likeness (QED) is 0.823. The highest BCUT2D eigenvalue weighted by atomic mass is 32.2. The summed E-state index contributed by atoms with van der Waals surface area (Å²) in [7, 11) is 0.0508. The maximum atomic E-state index is 12.8. The van der Waals surface area contributed by atoms with Gasteiger partial charge in [-0.15, -0.1) is 0 Å². The van der Waals surface area contributed by atoms with E-state index in [0.717, 1.165) is 11.9 Å². The Labute approximate surface area is 148 Å². The van der Waals surface area contributed by atoms with Crippen LogP contribution in [0.1, 0.15) is 12.8 Å². The molecule has 2 amide bonds. The molecule has 0 aromatic heterocycles. The molecule has 1 saturated heterocycles. The molecular formula is C17H25N3O4S. The van der Waals surface area contributed by atoms with Crippen molar-refractivity contribution in [3.05, 3.63) is 30.3 Å². The lowest BCUT2D eigenvalue weighted by atomic mass is 9.85. The van der Waals surface area contributed by atoms with Crippen molar-refractivity contribution in [2.24, 2.45) is 0 Å². The van der Waals surface area contributed by atoms with E-state index in [1.165, 1.54) is 4.90 Å². The van der Waals surface area contributed by atoms with Crippen molar-refractivity contribution in [1.82, 2.24) is 9.80 Å². The Morgan fingerprint density at radius 2 is 1.72 bits per heavy atom. The highest BCUT2D eigenvalue weighted by Gasteiger charge is 2.43. The Morgan fingerprint density at radius 1 is 1.16 bits per heavy atom. The van der Waals surface area contributed by atoms with Gasteiger partial charge in [-0.3, -0.25) is 9.59 Å². The number of nitrogens with one attached hydrogen (secondary N) is 1. The van der Waals surface area contributed by atoms with E-state index >= 15 is 0 Å². The Morgan fingerprint density at radius 3 is 2.20 bits per heavy atom. The molecule has 1 aromatic carbocycles. The Hall–Kier alpha value is -2.09. The van der Waals surface area contributed by atoms with Crippen LogP contribution in [0, 0.1) is 0 Å². The van der Waals surface area contributed by atoms with Crippen LogP contribution in [0.4, 0.5) is 5.69 Å². The number of carbonyl (C=O) groups is 2.